The van der Waals surface area contributed by atoms with E-state index in [2.05, 4.69) is 23.9 Å². The van der Waals surface area contributed by atoms with E-state index in [1.165, 1.54) is 19.2 Å². The Hall–Kier alpha value is -1.78. The molecule has 1 aliphatic carbocycles. The van der Waals surface area contributed by atoms with Crippen LogP contribution >= 0.6 is 0 Å². The molecular formula is C16H23FN2O2. The molecule has 116 valence electrons. The first-order valence-corrected chi connectivity index (χ1v) is 7.26. The molecule has 0 amide bonds. The van der Waals surface area contributed by atoms with Crippen LogP contribution in [0.4, 0.5) is 15.8 Å². The molecule has 0 atom stereocenters. The molecular weight excluding hydrogens is 271 g/mol. The van der Waals surface area contributed by atoms with Crippen molar-refractivity contribution in [2.75, 3.05) is 18.2 Å². The standard InChI is InChI=1S/C16H23FN2O2/c1-16(2)6-4-10(5-7-16)19-14-8-11(15(20)21-3)13(18)9-12(14)17/h8-10,19H,4-7,18H2,1-3H3. The molecule has 3 N–H and O–H groups in total. The van der Waals surface area contributed by atoms with Gasteiger partial charge in [-0.3, -0.25) is 0 Å². The van der Waals surface area contributed by atoms with E-state index in [4.69, 9.17) is 5.73 Å². The van der Waals surface area contributed by atoms with Gasteiger partial charge in [-0.15, -0.1) is 0 Å². The van der Waals surface area contributed by atoms with Gasteiger partial charge in [0.05, 0.1) is 18.4 Å². The minimum absolute atomic E-state index is 0.0923. The Balaban J connectivity index is 2.15. The van der Waals surface area contributed by atoms with Crippen LogP contribution in [0.1, 0.15) is 49.9 Å². The van der Waals surface area contributed by atoms with E-state index >= 15 is 0 Å². The lowest BCUT2D eigenvalue weighted by Crippen LogP contribution is -2.30. The van der Waals surface area contributed by atoms with Crippen molar-refractivity contribution >= 4 is 17.3 Å². The van der Waals surface area contributed by atoms with E-state index in [1.54, 1.807) is 0 Å². The Morgan fingerprint density at radius 1 is 1.38 bits per heavy atom. The van der Waals surface area contributed by atoms with Gasteiger partial charge in [0.25, 0.3) is 0 Å². The minimum Gasteiger partial charge on any atom is -0.465 e. The highest BCUT2D eigenvalue weighted by atomic mass is 19.1. The molecule has 5 heteroatoms. The van der Waals surface area contributed by atoms with Crippen molar-refractivity contribution in [1.29, 1.82) is 0 Å². The van der Waals surface area contributed by atoms with Crippen LogP contribution in [0.15, 0.2) is 12.1 Å². The van der Waals surface area contributed by atoms with Gasteiger partial charge in [0.1, 0.15) is 5.82 Å². The Morgan fingerprint density at radius 3 is 2.57 bits per heavy atom. The smallest absolute Gasteiger partial charge is 0.340 e. The summed E-state index contributed by atoms with van der Waals surface area (Å²) in [6.45, 7) is 4.50. The number of nitrogens with two attached hydrogens (primary N) is 1. The van der Waals surface area contributed by atoms with Crippen LogP contribution in [0.2, 0.25) is 0 Å². The molecule has 0 radical (unpaired) electrons. The van der Waals surface area contributed by atoms with Crippen LogP contribution < -0.4 is 11.1 Å². The molecule has 2 rings (SSSR count). The molecule has 1 saturated carbocycles. The zero-order chi connectivity index (χ0) is 15.6. The number of carbonyl (C=O) groups excluding carboxylic acids is 1. The molecule has 1 aromatic carbocycles. The average Bonchev–Trinajstić information content (AvgIpc) is 2.43. The largest absolute Gasteiger partial charge is 0.465 e. The van der Waals surface area contributed by atoms with Crippen LogP contribution in [0.3, 0.4) is 0 Å². The average molecular weight is 294 g/mol. The van der Waals surface area contributed by atoms with E-state index < -0.39 is 11.8 Å². The summed E-state index contributed by atoms with van der Waals surface area (Å²) in [5, 5.41) is 3.20. The van der Waals surface area contributed by atoms with Gasteiger partial charge in [0, 0.05) is 11.7 Å². The molecule has 0 aliphatic heterocycles. The Bertz CT molecular complexity index is 533. The summed E-state index contributed by atoms with van der Waals surface area (Å²) in [5.74, 6) is -0.995. The van der Waals surface area contributed by atoms with Crippen molar-refractivity contribution in [1.82, 2.24) is 0 Å². The van der Waals surface area contributed by atoms with Crippen LogP contribution in [-0.2, 0) is 4.74 Å². The van der Waals surface area contributed by atoms with Crippen molar-refractivity contribution in [2.24, 2.45) is 5.41 Å². The summed E-state index contributed by atoms with van der Waals surface area (Å²) < 4.78 is 18.7. The summed E-state index contributed by atoms with van der Waals surface area (Å²) in [6.07, 6.45) is 4.19. The third kappa shape index (κ3) is 3.65. The van der Waals surface area contributed by atoms with Crippen LogP contribution in [-0.4, -0.2) is 19.1 Å². The van der Waals surface area contributed by atoms with Gasteiger partial charge < -0.3 is 15.8 Å². The maximum absolute atomic E-state index is 14.0. The van der Waals surface area contributed by atoms with Gasteiger partial charge in [-0.2, -0.15) is 0 Å². The molecule has 0 bridgehead atoms. The molecule has 1 aromatic rings. The maximum atomic E-state index is 14.0. The zero-order valence-electron chi connectivity index (χ0n) is 12.8. The van der Waals surface area contributed by atoms with E-state index in [1.807, 2.05) is 0 Å². The van der Waals surface area contributed by atoms with Gasteiger partial charge in [-0.1, -0.05) is 13.8 Å². The number of nitrogens with one attached hydrogen (secondary N) is 1. The molecule has 0 aromatic heterocycles. The lowest BCUT2D eigenvalue weighted by molar-refractivity contribution is 0.0602. The number of methoxy groups -OCH3 is 1. The van der Waals surface area contributed by atoms with Gasteiger partial charge >= 0.3 is 5.97 Å². The first-order chi connectivity index (χ1) is 9.82. The fourth-order valence-electron chi connectivity index (χ4n) is 2.75. The number of esters is 1. The van der Waals surface area contributed by atoms with Crippen LogP contribution in [0.5, 0.6) is 0 Å². The second-order valence-electron chi connectivity index (χ2n) is 6.49. The summed E-state index contributed by atoms with van der Waals surface area (Å²) in [6, 6.07) is 2.83. The monoisotopic (exact) mass is 294 g/mol. The van der Waals surface area contributed by atoms with Gasteiger partial charge in [0.2, 0.25) is 0 Å². The van der Waals surface area contributed by atoms with Gasteiger partial charge in [-0.05, 0) is 43.2 Å². The lowest BCUT2D eigenvalue weighted by Gasteiger charge is -2.35. The Kier molecular flexibility index (Phi) is 4.40. The number of hydrogen-bond donors (Lipinski definition) is 2. The van der Waals surface area contributed by atoms with E-state index in [9.17, 15) is 9.18 Å². The van der Waals surface area contributed by atoms with Gasteiger partial charge in [0.15, 0.2) is 0 Å². The first-order valence-electron chi connectivity index (χ1n) is 7.26. The fraction of sp³-hybridized carbons (Fsp3) is 0.562. The highest BCUT2D eigenvalue weighted by Crippen LogP contribution is 2.36. The van der Waals surface area contributed by atoms with Crippen molar-refractivity contribution in [3.05, 3.63) is 23.5 Å². The normalized spacial score (nSPS) is 18.3. The number of halogens is 1. The Morgan fingerprint density at radius 2 is 2.00 bits per heavy atom. The molecule has 0 heterocycles. The van der Waals surface area contributed by atoms with Crippen molar-refractivity contribution in [3.8, 4) is 0 Å². The van der Waals surface area contributed by atoms with Crippen LogP contribution in [0, 0.1) is 11.2 Å². The van der Waals surface area contributed by atoms with Crippen molar-refractivity contribution in [3.63, 3.8) is 0 Å². The quantitative estimate of drug-likeness (QED) is 0.660. The minimum atomic E-state index is -0.555. The predicted molar refractivity (Wildman–Crippen MR) is 81.8 cm³/mol. The number of benzene rings is 1. The number of hydrogen-bond acceptors (Lipinski definition) is 4. The molecule has 21 heavy (non-hydrogen) atoms. The molecule has 1 aliphatic rings. The highest BCUT2D eigenvalue weighted by Gasteiger charge is 2.27. The number of nitrogen functional groups attached to an aromatic ring is 1. The molecule has 4 nitrogen and oxygen atoms in total. The number of rotatable bonds is 3. The topological polar surface area (TPSA) is 64.3 Å². The maximum Gasteiger partial charge on any atom is 0.340 e. The summed E-state index contributed by atoms with van der Waals surface area (Å²) in [7, 11) is 1.28. The van der Waals surface area contributed by atoms with E-state index in [-0.39, 0.29) is 17.3 Å². The first kappa shape index (κ1) is 15.6. The third-order valence-electron chi connectivity index (χ3n) is 4.24. The second-order valence-corrected chi connectivity index (χ2v) is 6.49. The lowest BCUT2D eigenvalue weighted by atomic mass is 9.75. The third-order valence-corrected chi connectivity index (χ3v) is 4.24. The van der Waals surface area contributed by atoms with Crippen molar-refractivity contribution < 1.29 is 13.9 Å². The summed E-state index contributed by atoms with van der Waals surface area (Å²) in [5.41, 5.74) is 6.62. The van der Waals surface area contributed by atoms with Crippen LogP contribution in [0.25, 0.3) is 0 Å². The Labute approximate surface area is 124 Å². The zero-order valence-corrected chi connectivity index (χ0v) is 12.8. The van der Waals surface area contributed by atoms with E-state index in [0.717, 1.165) is 25.7 Å². The molecule has 0 spiro atoms. The van der Waals surface area contributed by atoms with E-state index in [0.29, 0.717) is 11.1 Å². The molecule has 0 saturated heterocycles. The molecule has 0 unspecified atom stereocenters. The highest BCUT2D eigenvalue weighted by molar-refractivity contribution is 5.96. The fourth-order valence-corrected chi connectivity index (χ4v) is 2.75. The summed E-state index contributed by atoms with van der Waals surface area (Å²) in [4.78, 5) is 11.6. The number of carbonyl (C=O) groups is 1. The summed E-state index contributed by atoms with van der Waals surface area (Å²) >= 11 is 0. The SMILES string of the molecule is COC(=O)c1cc(NC2CCC(C)(C)CC2)c(F)cc1N. The molecule has 1 fully saturated rings. The number of ether oxygens (including phenoxy) is 1. The van der Waals surface area contributed by atoms with Crippen molar-refractivity contribution in [2.45, 2.75) is 45.6 Å². The predicted octanol–water partition coefficient (Wildman–Crippen LogP) is 3.58. The number of anilines is 2. The van der Waals surface area contributed by atoms with Gasteiger partial charge in [-0.25, -0.2) is 9.18 Å². The second kappa shape index (κ2) is 5.92.